The van der Waals surface area contributed by atoms with E-state index in [4.69, 9.17) is 5.73 Å². The molecule has 0 bridgehead atoms. The van der Waals surface area contributed by atoms with E-state index in [1.165, 1.54) is 17.5 Å². The average molecular weight is 290 g/mol. The van der Waals surface area contributed by atoms with Crippen LogP contribution in [0.1, 0.15) is 57.1 Å². The van der Waals surface area contributed by atoms with Gasteiger partial charge in [0.05, 0.1) is 0 Å². The monoisotopic (exact) mass is 290 g/mol. The summed E-state index contributed by atoms with van der Waals surface area (Å²) in [5.74, 6) is 0.743. The number of hydrogen-bond donors (Lipinski definition) is 2. The van der Waals surface area contributed by atoms with E-state index in [0.29, 0.717) is 18.9 Å². The van der Waals surface area contributed by atoms with Gasteiger partial charge >= 0.3 is 0 Å². The van der Waals surface area contributed by atoms with Gasteiger partial charge in [-0.15, -0.1) is 0 Å². The van der Waals surface area contributed by atoms with E-state index in [1.54, 1.807) is 0 Å². The molecule has 0 heterocycles. The first-order chi connectivity index (χ1) is 10.2. The Labute approximate surface area is 129 Å². The van der Waals surface area contributed by atoms with Gasteiger partial charge in [-0.3, -0.25) is 4.79 Å². The van der Waals surface area contributed by atoms with Crippen molar-refractivity contribution < 1.29 is 4.79 Å². The highest BCUT2D eigenvalue weighted by Gasteiger charge is 2.10. The number of carbonyl (C=O) groups excluding carboxylic acids is 1. The van der Waals surface area contributed by atoms with Crippen molar-refractivity contribution in [3.8, 4) is 0 Å². The third kappa shape index (κ3) is 6.76. The van der Waals surface area contributed by atoms with Crippen LogP contribution in [0.4, 0.5) is 0 Å². The molecule has 1 rings (SSSR count). The molecule has 3 nitrogen and oxygen atoms in total. The quantitative estimate of drug-likeness (QED) is 0.694. The van der Waals surface area contributed by atoms with Crippen LogP contribution in [0.2, 0.25) is 0 Å². The summed E-state index contributed by atoms with van der Waals surface area (Å²) in [6.07, 6.45) is 5.92. The van der Waals surface area contributed by atoms with Crippen LogP contribution in [0.3, 0.4) is 0 Å². The molecule has 1 aromatic rings. The highest BCUT2D eigenvalue weighted by atomic mass is 16.1. The molecule has 1 atom stereocenters. The second-order valence-corrected chi connectivity index (χ2v) is 5.67. The van der Waals surface area contributed by atoms with Crippen LogP contribution in [0.25, 0.3) is 0 Å². The molecule has 3 heteroatoms. The fourth-order valence-corrected chi connectivity index (χ4v) is 2.77. The molecule has 0 fully saturated rings. The van der Waals surface area contributed by atoms with Crippen LogP contribution >= 0.6 is 0 Å². The zero-order valence-electron chi connectivity index (χ0n) is 13.5. The van der Waals surface area contributed by atoms with Crippen LogP contribution in [-0.4, -0.2) is 12.5 Å². The van der Waals surface area contributed by atoms with Crippen molar-refractivity contribution in [2.75, 3.05) is 6.54 Å². The van der Waals surface area contributed by atoms with Gasteiger partial charge in [-0.2, -0.15) is 0 Å². The Morgan fingerprint density at radius 1 is 1.14 bits per heavy atom. The second-order valence-electron chi connectivity index (χ2n) is 5.67. The molecule has 0 saturated heterocycles. The molecule has 21 heavy (non-hydrogen) atoms. The summed E-state index contributed by atoms with van der Waals surface area (Å²) in [6, 6.07) is 8.29. The normalized spacial score (nSPS) is 12.1. The van der Waals surface area contributed by atoms with Gasteiger partial charge in [0.2, 0.25) is 5.91 Å². The first-order valence-corrected chi connectivity index (χ1v) is 8.24. The van der Waals surface area contributed by atoms with Gasteiger partial charge in [-0.25, -0.2) is 0 Å². The predicted molar refractivity (Wildman–Crippen MR) is 89.0 cm³/mol. The maximum Gasteiger partial charge on any atom is 0.220 e. The fourth-order valence-electron chi connectivity index (χ4n) is 2.77. The van der Waals surface area contributed by atoms with Crippen LogP contribution in [0.15, 0.2) is 24.3 Å². The third-order valence-electron chi connectivity index (χ3n) is 4.03. The van der Waals surface area contributed by atoms with Crippen molar-refractivity contribution in [1.29, 1.82) is 0 Å². The molecule has 0 saturated carbocycles. The lowest BCUT2D eigenvalue weighted by Gasteiger charge is -2.15. The minimum absolute atomic E-state index is 0.152. The SMILES string of the molecule is CCCC(CCN)CCC(=O)NCc1ccccc1CC. The summed E-state index contributed by atoms with van der Waals surface area (Å²) in [5.41, 5.74) is 8.16. The van der Waals surface area contributed by atoms with Crippen molar-refractivity contribution in [3.63, 3.8) is 0 Å². The Kier molecular flexibility index (Phi) is 8.76. The van der Waals surface area contributed by atoms with Crippen LogP contribution in [0, 0.1) is 5.92 Å². The maximum atomic E-state index is 12.0. The Morgan fingerprint density at radius 3 is 2.48 bits per heavy atom. The summed E-state index contributed by atoms with van der Waals surface area (Å²) in [6.45, 7) is 5.68. The number of hydrogen-bond acceptors (Lipinski definition) is 2. The molecule has 3 N–H and O–H groups in total. The van der Waals surface area contributed by atoms with E-state index in [-0.39, 0.29) is 5.91 Å². The molecule has 0 aromatic heterocycles. The van der Waals surface area contributed by atoms with Gasteiger partial charge in [0.1, 0.15) is 0 Å². The van der Waals surface area contributed by atoms with Gasteiger partial charge in [-0.1, -0.05) is 51.0 Å². The number of nitrogens with one attached hydrogen (secondary N) is 1. The molecular formula is C18H30N2O. The van der Waals surface area contributed by atoms with Crippen LogP contribution < -0.4 is 11.1 Å². The number of benzene rings is 1. The van der Waals surface area contributed by atoms with Gasteiger partial charge in [-0.05, 0) is 42.9 Å². The van der Waals surface area contributed by atoms with Crippen molar-refractivity contribution in [2.45, 2.75) is 58.9 Å². The molecule has 0 aliphatic heterocycles. The minimum atomic E-state index is 0.152. The van der Waals surface area contributed by atoms with Gasteiger partial charge in [0.25, 0.3) is 0 Å². The van der Waals surface area contributed by atoms with E-state index < -0.39 is 0 Å². The first-order valence-electron chi connectivity index (χ1n) is 8.24. The number of aryl methyl sites for hydroxylation is 1. The molecule has 0 radical (unpaired) electrons. The summed E-state index contributed by atoms with van der Waals surface area (Å²) < 4.78 is 0. The molecule has 1 unspecified atom stereocenters. The highest BCUT2D eigenvalue weighted by molar-refractivity contribution is 5.75. The second kappa shape index (κ2) is 10.4. The fraction of sp³-hybridized carbons (Fsp3) is 0.611. The lowest BCUT2D eigenvalue weighted by atomic mass is 9.94. The Bertz CT molecular complexity index is 411. The standard InChI is InChI=1S/C18H30N2O/c1-3-7-15(12-13-19)10-11-18(21)20-14-17-9-6-5-8-16(17)4-2/h5-6,8-9,15H,3-4,7,10-14,19H2,1-2H3,(H,20,21). The average Bonchev–Trinajstić information content (AvgIpc) is 2.51. The minimum Gasteiger partial charge on any atom is -0.352 e. The lowest BCUT2D eigenvalue weighted by Crippen LogP contribution is -2.24. The zero-order valence-corrected chi connectivity index (χ0v) is 13.5. The number of carbonyl (C=O) groups is 1. The highest BCUT2D eigenvalue weighted by Crippen LogP contribution is 2.17. The summed E-state index contributed by atoms with van der Waals surface area (Å²) in [4.78, 5) is 12.0. The molecule has 0 spiro atoms. The van der Waals surface area contributed by atoms with Gasteiger partial charge in [0, 0.05) is 13.0 Å². The topological polar surface area (TPSA) is 55.1 Å². The summed E-state index contributed by atoms with van der Waals surface area (Å²) >= 11 is 0. The smallest absolute Gasteiger partial charge is 0.220 e. The van der Waals surface area contributed by atoms with E-state index in [2.05, 4.69) is 31.3 Å². The van der Waals surface area contributed by atoms with Crippen LogP contribution in [-0.2, 0) is 17.8 Å². The van der Waals surface area contributed by atoms with Crippen molar-refractivity contribution in [2.24, 2.45) is 11.7 Å². The molecule has 1 amide bonds. The van der Waals surface area contributed by atoms with E-state index in [1.807, 2.05) is 12.1 Å². The van der Waals surface area contributed by atoms with E-state index in [9.17, 15) is 4.79 Å². The maximum absolute atomic E-state index is 12.0. The van der Waals surface area contributed by atoms with Crippen molar-refractivity contribution >= 4 is 5.91 Å². The van der Waals surface area contributed by atoms with E-state index in [0.717, 1.165) is 32.2 Å². The Morgan fingerprint density at radius 2 is 1.86 bits per heavy atom. The summed E-state index contributed by atoms with van der Waals surface area (Å²) in [7, 11) is 0. The first kappa shape index (κ1) is 17.7. The Hall–Kier alpha value is -1.35. The third-order valence-corrected chi connectivity index (χ3v) is 4.03. The number of rotatable bonds is 10. The van der Waals surface area contributed by atoms with Gasteiger partial charge in [0.15, 0.2) is 0 Å². The molecule has 118 valence electrons. The molecular weight excluding hydrogens is 260 g/mol. The zero-order chi connectivity index (χ0) is 15.5. The predicted octanol–water partition coefficient (Wildman–Crippen LogP) is 3.41. The molecule has 1 aromatic carbocycles. The number of amides is 1. The lowest BCUT2D eigenvalue weighted by molar-refractivity contribution is -0.121. The van der Waals surface area contributed by atoms with Crippen molar-refractivity contribution in [3.05, 3.63) is 35.4 Å². The van der Waals surface area contributed by atoms with E-state index >= 15 is 0 Å². The van der Waals surface area contributed by atoms with Crippen molar-refractivity contribution in [1.82, 2.24) is 5.32 Å². The van der Waals surface area contributed by atoms with Gasteiger partial charge < -0.3 is 11.1 Å². The summed E-state index contributed by atoms with van der Waals surface area (Å²) in [5, 5.41) is 3.04. The largest absolute Gasteiger partial charge is 0.352 e. The Balaban J connectivity index is 2.36. The molecule has 0 aliphatic carbocycles. The van der Waals surface area contributed by atoms with Crippen LogP contribution in [0.5, 0.6) is 0 Å². The molecule has 0 aliphatic rings. The number of nitrogens with two attached hydrogens (primary N) is 1.